The third-order valence-corrected chi connectivity index (χ3v) is 3.96. The maximum atomic E-state index is 9.05. The number of hydrogen-bond acceptors (Lipinski definition) is 1. The predicted molar refractivity (Wildman–Crippen MR) is 65.7 cm³/mol. The zero-order valence-electron chi connectivity index (χ0n) is 10.5. The van der Waals surface area contributed by atoms with Crippen molar-refractivity contribution in [3.8, 4) is 0 Å². The molecule has 0 radical (unpaired) electrons. The minimum atomic E-state index is 0.256. The lowest BCUT2D eigenvalue weighted by atomic mass is 9.73. The number of aliphatic hydroxyl groups excluding tert-OH is 1. The van der Waals surface area contributed by atoms with Crippen molar-refractivity contribution in [2.45, 2.75) is 40.5 Å². The first-order chi connectivity index (χ1) is 6.89. The molecule has 1 N–H and O–H groups in total. The summed E-state index contributed by atoms with van der Waals surface area (Å²) in [6.07, 6.45) is 4.40. The Hall–Kier alpha value is -0.560. The van der Waals surface area contributed by atoms with Crippen LogP contribution < -0.4 is 0 Å². The molecule has 0 aromatic heterocycles. The van der Waals surface area contributed by atoms with Gasteiger partial charge in [-0.25, -0.2) is 0 Å². The molecule has 0 bridgehead atoms. The molecule has 0 saturated heterocycles. The second-order valence-corrected chi connectivity index (χ2v) is 5.55. The summed E-state index contributed by atoms with van der Waals surface area (Å²) in [6.45, 7) is 13.4. The quantitative estimate of drug-likeness (QED) is 0.700. The van der Waals surface area contributed by atoms with E-state index in [0.717, 1.165) is 12.8 Å². The number of hydrogen-bond donors (Lipinski definition) is 1. The maximum Gasteiger partial charge on any atom is 0.0459 e. The Morgan fingerprint density at radius 1 is 1.67 bits per heavy atom. The molecule has 0 fully saturated rings. The second-order valence-electron chi connectivity index (χ2n) is 5.55. The van der Waals surface area contributed by atoms with E-state index in [2.05, 4.69) is 40.3 Å². The summed E-state index contributed by atoms with van der Waals surface area (Å²) in [7, 11) is 0. The fourth-order valence-electron chi connectivity index (χ4n) is 2.46. The van der Waals surface area contributed by atoms with Crippen LogP contribution in [-0.4, -0.2) is 11.7 Å². The van der Waals surface area contributed by atoms with Crippen molar-refractivity contribution in [3.63, 3.8) is 0 Å². The van der Waals surface area contributed by atoms with Crippen LogP contribution in [0.3, 0.4) is 0 Å². The molecule has 0 heterocycles. The highest BCUT2D eigenvalue weighted by Gasteiger charge is 2.36. The van der Waals surface area contributed by atoms with Gasteiger partial charge in [0.15, 0.2) is 0 Å². The lowest BCUT2D eigenvalue weighted by molar-refractivity contribution is 0.228. The van der Waals surface area contributed by atoms with Gasteiger partial charge in [-0.15, -0.1) is 0 Å². The van der Waals surface area contributed by atoms with Crippen molar-refractivity contribution in [1.29, 1.82) is 0 Å². The van der Waals surface area contributed by atoms with Gasteiger partial charge in [0.05, 0.1) is 0 Å². The molecule has 0 unspecified atom stereocenters. The molecule has 0 amide bonds. The normalized spacial score (nSPS) is 26.2. The molecule has 2 atom stereocenters. The van der Waals surface area contributed by atoms with Gasteiger partial charge in [-0.2, -0.15) is 0 Å². The SMILES string of the molecule is C=C(C[C@H](C)CO)[C@H]1CC=C(C)C1(C)C. The van der Waals surface area contributed by atoms with Crippen molar-refractivity contribution in [1.82, 2.24) is 0 Å². The van der Waals surface area contributed by atoms with E-state index in [1.165, 1.54) is 11.1 Å². The lowest BCUT2D eigenvalue weighted by Crippen LogP contribution is -2.23. The Morgan fingerprint density at radius 2 is 2.27 bits per heavy atom. The standard InChI is InChI=1S/C14H24O/c1-10(9-15)8-11(2)13-7-6-12(3)14(13,4)5/h6,10,13,15H,2,7-9H2,1,3-5H3/t10-,13+/m0/s1. The minimum Gasteiger partial charge on any atom is -0.396 e. The van der Waals surface area contributed by atoms with E-state index in [4.69, 9.17) is 5.11 Å². The molecule has 0 aliphatic heterocycles. The Balaban J connectivity index is 2.64. The van der Waals surface area contributed by atoms with Crippen LogP contribution in [0, 0.1) is 17.3 Å². The lowest BCUT2D eigenvalue weighted by Gasteiger charge is -2.32. The van der Waals surface area contributed by atoms with Crippen LogP contribution in [0.1, 0.15) is 40.5 Å². The monoisotopic (exact) mass is 208 g/mol. The first-order valence-electron chi connectivity index (χ1n) is 5.85. The summed E-state index contributed by atoms with van der Waals surface area (Å²) in [6, 6.07) is 0. The highest BCUT2D eigenvalue weighted by atomic mass is 16.3. The Morgan fingerprint density at radius 3 is 2.67 bits per heavy atom. The van der Waals surface area contributed by atoms with Gasteiger partial charge in [-0.05, 0) is 37.0 Å². The topological polar surface area (TPSA) is 20.2 Å². The zero-order chi connectivity index (χ0) is 11.6. The van der Waals surface area contributed by atoms with E-state index in [-0.39, 0.29) is 12.0 Å². The van der Waals surface area contributed by atoms with Crippen molar-refractivity contribution in [2.24, 2.45) is 17.3 Å². The predicted octanol–water partition coefficient (Wildman–Crippen LogP) is 3.55. The molecule has 1 aliphatic carbocycles. The van der Waals surface area contributed by atoms with E-state index < -0.39 is 0 Å². The van der Waals surface area contributed by atoms with Crippen molar-refractivity contribution in [2.75, 3.05) is 6.61 Å². The molecule has 15 heavy (non-hydrogen) atoms. The number of aliphatic hydroxyl groups is 1. The van der Waals surface area contributed by atoms with E-state index in [9.17, 15) is 0 Å². The smallest absolute Gasteiger partial charge is 0.0459 e. The van der Waals surface area contributed by atoms with Gasteiger partial charge in [0, 0.05) is 6.61 Å². The molecule has 0 saturated carbocycles. The highest BCUT2D eigenvalue weighted by Crippen LogP contribution is 2.47. The van der Waals surface area contributed by atoms with Crippen LogP contribution in [0.5, 0.6) is 0 Å². The Labute approximate surface area is 93.9 Å². The van der Waals surface area contributed by atoms with Crippen LogP contribution in [0.15, 0.2) is 23.8 Å². The van der Waals surface area contributed by atoms with Gasteiger partial charge in [0.25, 0.3) is 0 Å². The molecular formula is C14H24O. The van der Waals surface area contributed by atoms with Gasteiger partial charge < -0.3 is 5.11 Å². The van der Waals surface area contributed by atoms with E-state index in [0.29, 0.717) is 11.8 Å². The Bertz CT molecular complexity index is 273. The molecule has 0 aromatic carbocycles. The fourth-order valence-corrected chi connectivity index (χ4v) is 2.46. The van der Waals surface area contributed by atoms with E-state index in [1.54, 1.807) is 0 Å². The van der Waals surface area contributed by atoms with Gasteiger partial charge >= 0.3 is 0 Å². The fraction of sp³-hybridized carbons (Fsp3) is 0.714. The van der Waals surface area contributed by atoms with Gasteiger partial charge in [0.2, 0.25) is 0 Å². The van der Waals surface area contributed by atoms with Crippen LogP contribution in [0.4, 0.5) is 0 Å². The van der Waals surface area contributed by atoms with E-state index in [1.807, 2.05) is 0 Å². The third-order valence-electron chi connectivity index (χ3n) is 3.96. The van der Waals surface area contributed by atoms with E-state index >= 15 is 0 Å². The molecule has 1 aliphatic rings. The summed E-state index contributed by atoms with van der Waals surface area (Å²) in [5.74, 6) is 0.903. The molecule has 1 heteroatoms. The summed E-state index contributed by atoms with van der Waals surface area (Å²) in [5.41, 5.74) is 3.03. The summed E-state index contributed by atoms with van der Waals surface area (Å²) >= 11 is 0. The van der Waals surface area contributed by atoms with Gasteiger partial charge in [-0.1, -0.05) is 44.6 Å². The van der Waals surface area contributed by atoms with Crippen LogP contribution >= 0.6 is 0 Å². The molecule has 1 nitrogen and oxygen atoms in total. The van der Waals surface area contributed by atoms with Crippen molar-refractivity contribution >= 4 is 0 Å². The largest absolute Gasteiger partial charge is 0.396 e. The van der Waals surface area contributed by atoms with Crippen molar-refractivity contribution < 1.29 is 5.11 Å². The zero-order valence-corrected chi connectivity index (χ0v) is 10.5. The van der Waals surface area contributed by atoms with Crippen LogP contribution in [0.2, 0.25) is 0 Å². The number of rotatable bonds is 4. The molecule has 1 rings (SSSR count). The summed E-state index contributed by atoms with van der Waals surface area (Å²) in [4.78, 5) is 0. The third kappa shape index (κ3) is 2.52. The first-order valence-corrected chi connectivity index (χ1v) is 5.85. The van der Waals surface area contributed by atoms with Crippen LogP contribution in [-0.2, 0) is 0 Å². The Kier molecular flexibility index (Phi) is 3.77. The second kappa shape index (κ2) is 4.52. The molecular weight excluding hydrogens is 184 g/mol. The highest BCUT2D eigenvalue weighted by molar-refractivity contribution is 5.25. The molecule has 86 valence electrons. The minimum absolute atomic E-state index is 0.256. The number of allylic oxidation sites excluding steroid dienone is 3. The average molecular weight is 208 g/mol. The molecule has 0 spiro atoms. The average Bonchev–Trinajstić information content (AvgIpc) is 2.41. The van der Waals surface area contributed by atoms with Crippen molar-refractivity contribution in [3.05, 3.63) is 23.8 Å². The first kappa shape index (κ1) is 12.5. The maximum absolute atomic E-state index is 9.05. The summed E-state index contributed by atoms with van der Waals surface area (Å²) < 4.78 is 0. The van der Waals surface area contributed by atoms with Gasteiger partial charge in [0.1, 0.15) is 0 Å². The van der Waals surface area contributed by atoms with Crippen LogP contribution in [0.25, 0.3) is 0 Å². The summed E-state index contributed by atoms with van der Waals surface area (Å²) in [5, 5.41) is 9.05. The van der Waals surface area contributed by atoms with Gasteiger partial charge in [-0.3, -0.25) is 0 Å². The molecule has 0 aromatic rings.